The lowest BCUT2D eigenvalue weighted by atomic mass is 9.76. The van der Waals surface area contributed by atoms with Gasteiger partial charge in [0, 0.05) is 5.54 Å². The van der Waals surface area contributed by atoms with Crippen LogP contribution in [0.4, 0.5) is 0 Å². The van der Waals surface area contributed by atoms with Gasteiger partial charge < -0.3 is 10.8 Å². The van der Waals surface area contributed by atoms with Gasteiger partial charge in [0.05, 0.1) is 6.61 Å². The Kier molecular flexibility index (Phi) is 3.53. The van der Waals surface area contributed by atoms with Crippen molar-refractivity contribution in [3.63, 3.8) is 0 Å². The highest BCUT2D eigenvalue weighted by atomic mass is 16.3. The lowest BCUT2D eigenvalue weighted by Crippen LogP contribution is -2.46. The molecule has 3 N–H and O–H groups in total. The van der Waals surface area contributed by atoms with Gasteiger partial charge in [0.25, 0.3) is 0 Å². The second kappa shape index (κ2) is 4.24. The Bertz CT molecular complexity index is 128. The molecule has 0 aromatic rings. The fourth-order valence-electron chi connectivity index (χ4n) is 2.11. The zero-order valence-corrected chi connectivity index (χ0v) is 8.05. The molecule has 1 aliphatic carbocycles. The van der Waals surface area contributed by atoms with Gasteiger partial charge >= 0.3 is 0 Å². The quantitative estimate of drug-likeness (QED) is 0.678. The van der Waals surface area contributed by atoms with E-state index in [1.807, 2.05) is 0 Å². The summed E-state index contributed by atoms with van der Waals surface area (Å²) in [7, 11) is 0. The molecule has 2 heteroatoms. The van der Waals surface area contributed by atoms with Crippen molar-refractivity contribution in [1.82, 2.24) is 0 Å². The standard InChI is InChI=1S/C10H21NO/c1-2-3-9-4-6-10(11,8-12)7-5-9/h9,12H,2-8,11H2,1H3. The molecule has 0 aliphatic heterocycles. The van der Waals surface area contributed by atoms with Crippen LogP contribution in [0, 0.1) is 5.92 Å². The fraction of sp³-hybridized carbons (Fsp3) is 1.00. The number of hydrogen-bond acceptors (Lipinski definition) is 2. The lowest BCUT2D eigenvalue weighted by Gasteiger charge is -2.35. The normalized spacial score (nSPS) is 36.8. The molecule has 1 aliphatic rings. The average Bonchev–Trinajstić information content (AvgIpc) is 2.10. The summed E-state index contributed by atoms with van der Waals surface area (Å²) in [6.45, 7) is 2.39. The molecule has 1 fully saturated rings. The SMILES string of the molecule is CCCC1CCC(N)(CO)CC1. The van der Waals surface area contributed by atoms with Crippen LogP contribution in [0.15, 0.2) is 0 Å². The Morgan fingerprint density at radius 1 is 1.42 bits per heavy atom. The molecule has 0 heterocycles. The van der Waals surface area contributed by atoms with Crippen molar-refractivity contribution in [2.24, 2.45) is 11.7 Å². The van der Waals surface area contributed by atoms with Gasteiger partial charge in [-0.3, -0.25) is 0 Å². The van der Waals surface area contributed by atoms with E-state index in [1.165, 1.54) is 25.7 Å². The zero-order chi connectivity index (χ0) is 9.03. The number of aliphatic hydroxyl groups excluding tert-OH is 1. The Hall–Kier alpha value is -0.0800. The van der Waals surface area contributed by atoms with Gasteiger partial charge in [0.2, 0.25) is 0 Å². The van der Waals surface area contributed by atoms with Crippen molar-refractivity contribution in [2.45, 2.75) is 51.0 Å². The molecule has 1 saturated carbocycles. The molecule has 72 valence electrons. The summed E-state index contributed by atoms with van der Waals surface area (Å²) in [5, 5.41) is 9.04. The Morgan fingerprint density at radius 2 is 2.00 bits per heavy atom. The summed E-state index contributed by atoms with van der Waals surface area (Å²) in [6.07, 6.45) is 7.06. The third-order valence-electron chi connectivity index (χ3n) is 3.11. The van der Waals surface area contributed by atoms with E-state index < -0.39 is 0 Å². The van der Waals surface area contributed by atoms with Crippen molar-refractivity contribution in [2.75, 3.05) is 6.61 Å². The van der Waals surface area contributed by atoms with Crippen LogP contribution in [0.25, 0.3) is 0 Å². The molecule has 0 bridgehead atoms. The van der Waals surface area contributed by atoms with Gasteiger partial charge in [-0.1, -0.05) is 19.8 Å². The maximum atomic E-state index is 9.04. The zero-order valence-electron chi connectivity index (χ0n) is 8.05. The molecule has 0 atom stereocenters. The molecule has 0 spiro atoms. The Labute approximate surface area is 75.2 Å². The van der Waals surface area contributed by atoms with Crippen LogP contribution < -0.4 is 5.73 Å². The van der Waals surface area contributed by atoms with E-state index in [9.17, 15) is 0 Å². The third-order valence-corrected chi connectivity index (χ3v) is 3.11. The number of hydrogen-bond donors (Lipinski definition) is 2. The van der Waals surface area contributed by atoms with Crippen LogP contribution in [-0.4, -0.2) is 17.3 Å². The second-order valence-electron chi connectivity index (χ2n) is 4.25. The third kappa shape index (κ3) is 2.46. The summed E-state index contributed by atoms with van der Waals surface area (Å²) in [5.41, 5.74) is 5.72. The first kappa shape index (κ1) is 10.0. The maximum Gasteiger partial charge on any atom is 0.0611 e. The average molecular weight is 171 g/mol. The van der Waals surface area contributed by atoms with Gasteiger partial charge in [-0.25, -0.2) is 0 Å². The molecule has 12 heavy (non-hydrogen) atoms. The van der Waals surface area contributed by atoms with Crippen LogP contribution in [0.2, 0.25) is 0 Å². The highest BCUT2D eigenvalue weighted by Gasteiger charge is 2.30. The van der Waals surface area contributed by atoms with Crippen LogP contribution in [0.5, 0.6) is 0 Å². The summed E-state index contributed by atoms with van der Waals surface area (Å²) >= 11 is 0. The number of rotatable bonds is 3. The van der Waals surface area contributed by atoms with Crippen LogP contribution in [0.3, 0.4) is 0 Å². The molecule has 2 nitrogen and oxygen atoms in total. The highest BCUT2D eigenvalue weighted by molar-refractivity contribution is 4.88. The molecule has 1 rings (SSSR count). The van der Waals surface area contributed by atoms with Crippen LogP contribution in [0.1, 0.15) is 45.4 Å². The summed E-state index contributed by atoms with van der Waals surface area (Å²) < 4.78 is 0. The van der Waals surface area contributed by atoms with Gasteiger partial charge in [-0.05, 0) is 31.6 Å². The monoisotopic (exact) mass is 171 g/mol. The molecule has 0 aromatic carbocycles. The van der Waals surface area contributed by atoms with Crippen LogP contribution >= 0.6 is 0 Å². The predicted molar refractivity (Wildman–Crippen MR) is 50.9 cm³/mol. The van der Waals surface area contributed by atoms with E-state index >= 15 is 0 Å². The minimum atomic E-state index is -0.246. The minimum absolute atomic E-state index is 0.159. The van der Waals surface area contributed by atoms with Crippen molar-refractivity contribution in [3.05, 3.63) is 0 Å². The van der Waals surface area contributed by atoms with Gasteiger partial charge in [0.15, 0.2) is 0 Å². The molecule has 0 amide bonds. The summed E-state index contributed by atoms with van der Waals surface area (Å²) in [4.78, 5) is 0. The summed E-state index contributed by atoms with van der Waals surface area (Å²) in [5.74, 6) is 0.873. The van der Waals surface area contributed by atoms with Crippen molar-refractivity contribution in [3.8, 4) is 0 Å². The van der Waals surface area contributed by atoms with E-state index in [2.05, 4.69) is 6.92 Å². The second-order valence-corrected chi connectivity index (χ2v) is 4.25. The minimum Gasteiger partial charge on any atom is -0.394 e. The van der Waals surface area contributed by atoms with Crippen molar-refractivity contribution >= 4 is 0 Å². The van der Waals surface area contributed by atoms with Crippen molar-refractivity contribution < 1.29 is 5.11 Å². The number of nitrogens with two attached hydrogens (primary N) is 1. The van der Waals surface area contributed by atoms with E-state index in [-0.39, 0.29) is 12.1 Å². The van der Waals surface area contributed by atoms with E-state index in [0.717, 1.165) is 18.8 Å². The maximum absolute atomic E-state index is 9.04. The topological polar surface area (TPSA) is 46.2 Å². The lowest BCUT2D eigenvalue weighted by molar-refractivity contribution is 0.133. The highest BCUT2D eigenvalue weighted by Crippen LogP contribution is 2.32. The van der Waals surface area contributed by atoms with Crippen LogP contribution in [-0.2, 0) is 0 Å². The first-order valence-corrected chi connectivity index (χ1v) is 5.10. The van der Waals surface area contributed by atoms with Gasteiger partial charge in [-0.15, -0.1) is 0 Å². The van der Waals surface area contributed by atoms with E-state index in [0.29, 0.717) is 0 Å². The first-order valence-electron chi connectivity index (χ1n) is 5.10. The predicted octanol–water partition coefficient (Wildman–Crippen LogP) is 1.67. The fourth-order valence-corrected chi connectivity index (χ4v) is 2.11. The smallest absolute Gasteiger partial charge is 0.0611 e. The molecule has 0 saturated heterocycles. The number of aliphatic hydroxyl groups is 1. The van der Waals surface area contributed by atoms with Gasteiger partial charge in [0.1, 0.15) is 0 Å². The Morgan fingerprint density at radius 3 is 2.42 bits per heavy atom. The van der Waals surface area contributed by atoms with E-state index in [1.54, 1.807) is 0 Å². The Balaban J connectivity index is 2.29. The molecule has 0 radical (unpaired) electrons. The summed E-state index contributed by atoms with van der Waals surface area (Å²) in [6, 6.07) is 0. The molecule has 0 unspecified atom stereocenters. The molecular formula is C10H21NO. The van der Waals surface area contributed by atoms with E-state index in [4.69, 9.17) is 10.8 Å². The molecule has 0 aromatic heterocycles. The van der Waals surface area contributed by atoms with Crippen molar-refractivity contribution in [1.29, 1.82) is 0 Å². The first-order chi connectivity index (χ1) is 5.70. The molecular weight excluding hydrogens is 150 g/mol. The largest absolute Gasteiger partial charge is 0.394 e. The van der Waals surface area contributed by atoms with Gasteiger partial charge in [-0.2, -0.15) is 0 Å².